The molecule has 0 unspecified atom stereocenters. The Morgan fingerprint density at radius 2 is 2.05 bits per heavy atom. The standard InChI is InChI=1S/C11H11N3O2.C2H3N3/c1-2-16-11(15)9-3-5-10(6-4-9)14-8-12-7-13-14;1-3-2-5-4-1/h3-8H,2H2,1H3;1-2H,(H,3,4,5). The van der Waals surface area contributed by atoms with Crippen LogP contribution in [0, 0.1) is 0 Å². The predicted molar refractivity (Wildman–Crippen MR) is 73.7 cm³/mol. The van der Waals surface area contributed by atoms with Gasteiger partial charge in [0.15, 0.2) is 0 Å². The van der Waals surface area contributed by atoms with E-state index in [1.165, 1.54) is 19.0 Å². The molecule has 0 amide bonds. The number of carbonyl (C=O) groups is 1. The summed E-state index contributed by atoms with van der Waals surface area (Å²) in [5, 5.41) is 9.97. The zero-order valence-electron chi connectivity index (χ0n) is 11.4. The van der Waals surface area contributed by atoms with E-state index in [4.69, 9.17) is 4.74 Å². The number of aromatic nitrogens is 6. The molecule has 3 aromatic rings. The number of esters is 1. The Bertz CT molecular complexity index is 617. The van der Waals surface area contributed by atoms with Crippen LogP contribution in [0.25, 0.3) is 5.69 Å². The number of carbonyl (C=O) groups excluding carboxylic acids is 1. The molecule has 0 atom stereocenters. The van der Waals surface area contributed by atoms with Gasteiger partial charge in [-0.1, -0.05) is 0 Å². The molecular formula is C13H14N6O2. The van der Waals surface area contributed by atoms with Gasteiger partial charge in [-0.2, -0.15) is 10.2 Å². The maximum atomic E-state index is 11.4. The normalized spacial score (nSPS) is 9.57. The molecule has 21 heavy (non-hydrogen) atoms. The molecule has 8 nitrogen and oxygen atoms in total. The van der Waals surface area contributed by atoms with E-state index in [0.29, 0.717) is 12.2 Å². The Labute approximate surface area is 120 Å². The van der Waals surface area contributed by atoms with Crippen LogP contribution in [0.5, 0.6) is 0 Å². The smallest absolute Gasteiger partial charge is 0.338 e. The second kappa shape index (κ2) is 7.53. The van der Waals surface area contributed by atoms with E-state index in [-0.39, 0.29) is 5.97 Å². The van der Waals surface area contributed by atoms with E-state index in [2.05, 4.69) is 25.3 Å². The number of nitrogens with one attached hydrogen (secondary N) is 1. The highest BCUT2D eigenvalue weighted by molar-refractivity contribution is 5.89. The van der Waals surface area contributed by atoms with Gasteiger partial charge in [0, 0.05) is 0 Å². The van der Waals surface area contributed by atoms with Crippen LogP contribution in [0.3, 0.4) is 0 Å². The van der Waals surface area contributed by atoms with Gasteiger partial charge in [0.25, 0.3) is 0 Å². The Balaban J connectivity index is 0.000000272. The van der Waals surface area contributed by atoms with Crippen molar-refractivity contribution in [2.75, 3.05) is 6.61 Å². The first kappa shape index (κ1) is 14.4. The van der Waals surface area contributed by atoms with E-state index in [1.54, 1.807) is 42.2 Å². The summed E-state index contributed by atoms with van der Waals surface area (Å²) >= 11 is 0. The minimum Gasteiger partial charge on any atom is -0.462 e. The average Bonchev–Trinajstić information content (AvgIpc) is 3.23. The van der Waals surface area contributed by atoms with Crippen molar-refractivity contribution in [3.8, 4) is 5.69 Å². The largest absolute Gasteiger partial charge is 0.462 e. The molecule has 0 radical (unpaired) electrons. The summed E-state index contributed by atoms with van der Waals surface area (Å²) in [5.41, 5.74) is 1.39. The number of aromatic amines is 1. The van der Waals surface area contributed by atoms with Gasteiger partial charge in [0.1, 0.15) is 25.3 Å². The van der Waals surface area contributed by atoms with Crippen molar-refractivity contribution in [2.45, 2.75) is 6.92 Å². The minimum atomic E-state index is -0.312. The van der Waals surface area contributed by atoms with Crippen molar-refractivity contribution in [3.63, 3.8) is 0 Å². The molecule has 1 aromatic carbocycles. The molecule has 0 saturated carbocycles. The summed E-state index contributed by atoms with van der Waals surface area (Å²) in [6.45, 7) is 2.16. The minimum absolute atomic E-state index is 0.312. The van der Waals surface area contributed by atoms with Crippen molar-refractivity contribution >= 4 is 5.97 Å². The first-order chi connectivity index (χ1) is 10.3. The molecule has 0 spiro atoms. The van der Waals surface area contributed by atoms with E-state index >= 15 is 0 Å². The second-order valence-electron chi connectivity index (χ2n) is 3.76. The van der Waals surface area contributed by atoms with Crippen LogP contribution < -0.4 is 0 Å². The number of rotatable bonds is 3. The van der Waals surface area contributed by atoms with E-state index < -0.39 is 0 Å². The fourth-order valence-corrected chi connectivity index (χ4v) is 1.47. The van der Waals surface area contributed by atoms with Crippen LogP contribution in [0.1, 0.15) is 17.3 Å². The highest BCUT2D eigenvalue weighted by atomic mass is 16.5. The van der Waals surface area contributed by atoms with Gasteiger partial charge in [-0.3, -0.25) is 5.10 Å². The predicted octanol–water partition coefficient (Wildman–Crippen LogP) is 1.25. The molecular weight excluding hydrogens is 272 g/mol. The molecule has 0 fully saturated rings. The lowest BCUT2D eigenvalue weighted by atomic mass is 10.2. The SMILES string of the molecule is CCOC(=O)c1ccc(-n2cncn2)cc1.c1nc[nH]n1. The lowest BCUT2D eigenvalue weighted by Crippen LogP contribution is -2.04. The Morgan fingerprint density at radius 3 is 2.52 bits per heavy atom. The maximum absolute atomic E-state index is 11.4. The van der Waals surface area contributed by atoms with Gasteiger partial charge >= 0.3 is 5.97 Å². The molecule has 108 valence electrons. The summed E-state index contributed by atoms with van der Waals surface area (Å²) in [7, 11) is 0. The average molecular weight is 286 g/mol. The van der Waals surface area contributed by atoms with Gasteiger partial charge in [-0.25, -0.2) is 19.4 Å². The highest BCUT2D eigenvalue weighted by Gasteiger charge is 2.05. The second-order valence-corrected chi connectivity index (χ2v) is 3.76. The number of benzene rings is 1. The zero-order chi connectivity index (χ0) is 14.9. The molecule has 0 aliphatic carbocycles. The molecule has 3 rings (SSSR count). The monoisotopic (exact) mass is 286 g/mol. The lowest BCUT2D eigenvalue weighted by Gasteiger charge is -2.03. The zero-order valence-corrected chi connectivity index (χ0v) is 11.4. The molecule has 8 heteroatoms. The third-order valence-electron chi connectivity index (χ3n) is 2.39. The van der Waals surface area contributed by atoms with Crippen LogP contribution in [0.15, 0.2) is 49.6 Å². The van der Waals surface area contributed by atoms with E-state index in [1.807, 2.05) is 0 Å². The molecule has 0 saturated heterocycles. The molecule has 0 aliphatic heterocycles. The first-order valence-electron chi connectivity index (χ1n) is 6.22. The number of H-pyrrole nitrogens is 1. The van der Waals surface area contributed by atoms with Crippen LogP contribution in [-0.2, 0) is 4.74 Å². The summed E-state index contributed by atoms with van der Waals surface area (Å²) in [5.74, 6) is -0.312. The quantitative estimate of drug-likeness (QED) is 0.727. The molecule has 0 aliphatic rings. The third kappa shape index (κ3) is 4.23. The van der Waals surface area contributed by atoms with Crippen molar-refractivity contribution < 1.29 is 9.53 Å². The van der Waals surface area contributed by atoms with Gasteiger partial charge < -0.3 is 4.74 Å². The first-order valence-corrected chi connectivity index (χ1v) is 6.22. The fourth-order valence-electron chi connectivity index (χ4n) is 1.47. The van der Waals surface area contributed by atoms with Gasteiger partial charge in [-0.15, -0.1) is 0 Å². The Kier molecular flexibility index (Phi) is 5.16. The van der Waals surface area contributed by atoms with Gasteiger partial charge in [0.05, 0.1) is 17.9 Å². The summed E-state index contributed by atoms with van der Waals surface area (Å²) in [4.78, 5) is 18.8. The summed E-state index contributed by atoms with van der Waals surface area (Å²) in [6, 6.07) is 6.99. The van der Waals surface area contributed by atoms with Crippen molar-refractivity contribution in [3.05, 3.63) is 55.1 Å². The molecule has 2 heterocycles. The topological polar surface area (TPSA) is 98.6 Å². The van der Waals surface area contributed by atoms with Crippen LogP contribution in [0.4, 0.5) is 0 Å². The highest BCUT2D eigenvalue weighted by Crippen LogP contribution is 2.08. The van der Waals surface area contributed by atoms with Crippen LogP contribution >= 0.6 is 0 Å². The maximum Gasteiger partial charge on any atom is 0.338 e. The third-order valence-corrected chi connectivity index (χ3v) is 2.39. The summed E-state index contributed by atoms with van der Waals surface area (Å²) < 4.78 is 6.50. The van der Waals surface area contributed by atoms with Crippen LogP contribution in [0.2, 0.25) is 0 Å². The van der Waals surface area contributed by atoms with Crippen molar-refractivity contribution in [2.24, 2.45) is 0 Å². The number of ether oxygens (including phenoxy) is 1. The molecule has 2 aromatic heterocycles. The van der Waals surface area contributed by atoms with Crippen LogP contribution in [-0.4, -0.2) is 42.5 Å². The van der Waals surface area contributed by atoms with E-state index in [9.17, 15) is 4.79 Å². The summed E-state index contributed by atoms with van der Waals surface area (Å²) in [6.07, 6.45) is 6.01. The van der Waals surface area contributed by atoms with Crippen molar-refractivity contribution in [1.29, 1.82) is 0 Å². The number of nitrogens with zero attached hydrogens (tertiary/aromatic N) is 5. The van der Waals surface area contributed by atoms with Crippen molar-refractivity contribution in [1.82, 2.24) is 29.9 Å². The lowest BCUT2D eigenvalue weighted by molar-refractivity contribution is 0.0526. The van der Waals surface area contributed by atoms with Gasteiger partial charge in [0.2, 0.25) is 0 Å². The Morgan fingerprint density at radius 1 is 1.24 bits per heavy atom. The molecule has 1 N–H and O–H groups in total. The van der Waals surface area contributed by atoms with Gasteiger partial charge in [-0.05, 0) is 31.2 Å². The molecule has 0 bridgehead atoms. The fraction of sp³-hybridized carbons (Fsp3) is 0.154. The number of hydrogen-bond acceptors (Lipinski definition) is 6. The number of hydrogen-bond donors (Lipinski definition) is 1. The van der Waals surface area contributed by atoms with E-state index in [0.717, 1.165) is 5.69 Å². The Hall–Kier alpha value is -3.03.